The summed E-state index contributed by atoms with van der Waals surface area (Å²) in [6.45, 7) is 3.69. The molecule has 1 aliphatic carbocycles. The number of nitrogens with zero attached hydrogens (tertiary/aromatic N) is 2. The number of hydrogen-bond donors (Lipinski definition) is 0. The molecule has 14 heavy (non-hydrogen) atoms. The van der Waals surface area contributed by atoms with Gasteiger partial charge in [-0.15, -0.1) is 0 Å². The molecule has 1 aliphatic heterocycles. The lowest BCUT2D eigenvalue weighted by Gasteiger charge is -2.23. The van der Waals surface area contributed by atoms with Gasteiger partial charge >= 0.3 is 0 Å². The molecule has 0 N–H and O–H groups in total. The van der Waals surface area contributed by atoms with Gasteiger partial charge in [0.2, 0.25) is 0 Å². The van der Waals surface area contributed by atoms with Crippen LogP contribution in [-0.2, 0) is 4.79 Å². The first kappa shape index (κ1) is 9.67. The average molecular weight is 192 g/mol. The molecule has 1 heterocycles. The highest BCUT2D eigenvalue weighted by Crippen LogP contribution is 2.33. The molecular formula is C11H16N2O. The predicted molar refractivity (Wildman–Crippen MR) is 52.6 cm³/mol. The van der Waals surface area contributed by atoms with Crippen LogP contribution in [0.15, 0.2) is 0 Å². The van der Waals surface area contributed by atoms with E-state index in [2.05, 4.69) is 11.0 Å². The normalized spacial score (nSPS) is 38.9. The summed E-state index contributed by atoms with van der Waals surface area (Å²) in [4.78, 5) is 13.7. The lowest BCUT2D eigenvalue weighted by Crippen LogP contribution is -2.37. The Kier molecular flexibility index (Phi) is 2.32. The first-order chi connectivity index (χ1) is 6.64. The van der Waals surface area contributed by atoms with Crippen molar-refractivity contribution in [3.8, 4) is 6.07 Å². The molecule has 2 aliphatic rings. The van der Waals surface area contributed by atoms with Crippen molar-refractivity contribution in [2.24, 2.45) is 5.41 Å². The SMILES string of the molecule is CC1(C#N)CCN(C2CCCC2=O)C1. The van der Waals surface area contributed by atoms with Gasteiger partial charge in [-0.25, -0.2) is 0 Å². The Morgan fingerprint density at radius 3 is 2.93 bits per heavy atom. The summed E-state index contributed by atoms with van der Waals surface area (Å²) in [5, 5.41) is 8.99. The molecule has 2 fully saturated rings. The molecule has 0 aromatic heterocycles. The van der Waals surface area contributed by atoms with Crippen molar-refractivity contribution in [3.05, 3.63) is 0 Å². The maximum Gasteiger partial charge on any atom is 0.149 e. The summed E-state index contributed by atoms with van der Waals surface area (Å²) < 4.78 is 0. The summed E-state index contributed by atoms with van der Waals surface area (Å²) in [7, 11) is 0. The fourth-order valence-electron chi connectivity index (χ4n) is 2.54. The van der Waals surface area contributed by atoms with Crippen LogP contribution in [0.3, 0.4) is 0 Å². The van der Waals surface area contributed by atoms with E-state index in [9.17, 15) is 4.79 Å². The molecule has 3 nitrogen and oxygen atoms in total. The van der Waals surface area contributed by atoms with E-state index in [4.69, 9.17) is 5.26 Å². The van der Waals surface area contributed by atoms with Crippen LogP contribution in [0, 0.1) is 16.7 Å². The third kappa shape index (κ3) is 1.55. The van der Waals surface area contributed by atoms with Crippen molar-refractivity contribution in [2.75, 3.05) is 13.1 Å². The Morgan fingerprint density at radius 1 is 1.64 bits per heavy atom. The van der Waals surface area contributed by atoms with Gasteiger partial charge in [-0.1, -0.05) is 0 Å². The molecule has 2 atom stereocenters. The molecule has 1 saturated heterocycles. The number of Topliss-reactive ketones (excluding diaryl/α,β-unsaturated/α-hetero) is 1. The van der Waals surface area contributed by atoms with Crippen molar-refractivity contribution >= 4 is 5.78 Å². The molecule has 2 rings (SSSR count). The molecular weight excluding hydrogens is 176 g/mol. The quantitative estimate of drug-likeness (QED) is 0.629. The van der Waals surface area contributed by atoms with E-state index in [-0.39, 0.29) is 11.5 Å². The van der Waals surface area contributed by atoms with Crippen LogP contribution in [0.25, 0.3) is 0 Å². The number of carbonyl (C=O) groups excluding carboxylic acids is 1. The number of carbonyl (C=O) groups is 1. The van der Waals surface area contributed by atoms with Crippen LogP contribution >= 0.6 is 0 Å². The molecule has 2 unspecified atom stereocenters. The number of likely N-dealkylation sites (tertiary alicyclic amines) is 1. The zero-order valence-electron chi connectivity index (χ0n) is 8.62. The van der Waals surface area contributed by atoms with Crippen molar-refractivity contribution < 1.29 is 4.79 Å². The van der Waals surface area contributed by atoms with E-state index in [0.29, 0.717) is 5.78 Å². The first-order valence-electron chi connectivity index (χ1n) is 5.33. The maximum absolute atomic E-state index is 11.5. The zero-order valence-corrected chi connectivity index (χ0v) is 8.62. The van der Waals surface area contributed by atoms with Crippen LogP contribution in [-0.4, -0.2) is 29.8 Å². The largest absolute Gasteiger partial charge is 0.298 e. The Bertz CT molecular complexity index is 294. The van der Waals surface area contributed by atoms with Crippen LogP contribution < -0.4 is 0 Å². The molecule has 76 valence electrons. The summed E-state index contributed by atoms with van der Waals surface area (Å²) in [6, 6.07) is 2.49. The Hall–Kier alpha value is -0.880. The third-order valence-electron chi connectivity index (χ3n) is 3.49. The molecule has 0 spiro atoms. The summed E-state index contributed by atoms with van der Waals surface area (Å²) in [6.07, 6.45) is 3.68. The smallest absolute Gasteiger partial charge is 0.149 e. The van der Waals surface area contributed by atoms with E-state index in [1.54, 1.807) is 0 Å². The van der Waals surface area contributed by atoms with Gasteiger partial charge in [0.25, 0.3) is 0 Å². The Morgan fingerprint density at radius 2 is 2.43 bits per heavy atom. The fourth-order valence-corrected chi connectivity index (χ4v) is 2.54. The Labute approximate surface area is 84.7 Å². The fraction of sp³-hybridized carbons (Fsp3) is 0.818. The molecule has 0 aromatic rings. The first-order valence-corrected chi connectivity index (χ1v) is 5.33. The summed E-state index contributed by atoms with van der Waals surface area (Å²) in [5.41, 5.74) is -0.219. The minimum Gasteiger partial charge on any atom is -0.298 e. The Balaban J connectivity index is 2.02. The molecule has 0 bridgehead atoms. The summed E-state index contributed by atoms with van der Waals surface area (Å²) in [5.74, 6) is 0.382. The number of nitriles is 1. The predicted octanol–water partition coefficient (Wildman–Crippen LogP) is 1.34. The highest BCUT2D eigenvalue weighted by atomic mass is 16.1. The second-order valence-corrected chi connectivity index (χ2v) is 4.77. The number of ketones is 1. The van der Waals surface area contributed by atoms with Gasteiger partial charge in [0, 0.05) is 19.5 Å². The molecule has 0 radical (unpaired) electrons. The minimum absolute atomic E-state index is 0.130. The van der Waals surface area contributed by atoms with Gasteiger partial charge in [0.05, 0.1) is 17.5 Å². The monoisotopic (exact) mass is 192 g/mol. The van der Waals surface area contributed by atoms with E-state index in [0.717, 1.165) is 38.8 Å². The van der Waals surface area contributed by atoms with Crippen LogP contribution in [0.2, 0.25) is 0 Å². The highest BCUT2D eigenvalue weighted by molar-refractivity contribution is 5.85. The summed E-state index contributed by atoms with van der Waals surface area (Å²) >= 11 is 0. The van der Waals surface area contributed by atoms with Crippen LogP contribution in [0.1, 0.15) is 32.6 Å². The average Bonchev–Trinajstić information content (AvgIpc) is 2.73. The lowest BCUT2D eigenvalue weighted by molar-refractivity contribution is -0.121. The zero-order chi connectivity index (χ0) is 10.2. The second kappa shape index (κ2) is 3.36. The minimum atomic E-state index is -0.219. The van der Waals surface area contributed by atoms with Crippen molar-refractivity contribution in [3.63, 3.8) is 0 Å². The van der Waals surface area contributed by atoms with E-state index < -0.39 is 0 Å². The second-order valence-electron chi connectivity index (χ2n) is 4.77. The van der Waals surface area contributed by atoms with E-state index >= 15 is 0 Å². The van der Waals surface area contributed by atoms with E-state index in [1.807, 2.05) is 6.92 Å². The lowest BCUT2D eigenvalue weighted by atomic mass is 9.92. The molecule has 0 amide bonds. The third-order valence-corrected chi connectivity index (χ3v) is 3.49. The van der Waals surface area contributed by atoms with Gasteiger partial charge in [-0.05, 0) is 26.2 Å². The topological polar surface area (TPSA) is 44.1 Å². The van der Waals surface area contributed by atoms with Gasteiger partial charge in [-0.2, -0.15) is 5.26 Å². The van der Waals surface area contributed by atoms with Crippen molar-refractivity contribution in [1.82, 2.24) is 4.90 Å². The van der Waals surface area contributed by atoms with Crippen molar-refractivity contribution in [1.29, 1.82) is 5.26 Å². The maximum atomic E-state index is 11.5. The van der Waals surface area contributed by atoms with E-state index in [1.165, 1.54) is 0 Å². The van der Waals surface area contributed by atoms with Gasteiger partial charge in [0.15, 0.2) is 0 Å². The van der Waals surface area contributed by atoms with Gasteiger partial charge in [0.1, 0.15) is 5.78 Å². The van der Waals surface area contributed by atoms with Crippen LogP contribution in [0.5, 0.6) is 0 Å². The molecule has 0 aromatic carbocycles. The number of hydrogen-bond acceptors (Lipinski definition) is 3. The van der Waals surface area contributed by atoms with Gasteiger partial charge < -0.3 is 0 Å². The standard InChI is InChI=1S/C11H16N2O/c1-11(7-12)5-6-13(8-11)9-3-2-4-10(9)14/h9H,2-6,8H2,1H3. The number of rotatable bonds is 1. The molecule has 1 saturated carbocycles. The van der Waals surface area contributed by atoms with Crippen molar-refractivity contribution in [2.45, 2.75) is 38.6 Å². The molecule has 3 heteroatoms. The van der Waals surface area contributed by atoms with Crippen LogP contribution in [0.4, 0.5) is 0 Å². The van der Waals surface area contributed by atoms with Gasteiger partial charge in [-0.3, -0.25) is 9.69 Å². The highest BCUT2D eigenvalue weighted by Gasteiger charge is 2.40.